The highest BCUT2D eigenvalue weighted by atomic mass is 32.1. The van der Waals surface area contributed by atoms with Gasteiger partial charge in [0.1, 0.15) is 5.75 Å². The zero-order valence-corrected chi connectivity index (χ0v) is 20.0. The normalized spacial score (nSPS) is 11.9. The van der Waals surface area contributed by atoms with E-state index in [1.165, 1.54) is 24.3 Å². The number of ether oxygens (including phenoxy) is 1. The summed E-state index contributed by atoms with van der Waals surface area (Å²) in [5, 5.41) is 10.6. The summed E-state index contributed by atoms with van der Waals surface area (Å²) in [6, 6.07) is 11.3. The minimum atomic E-state index is -4.73. The third kappa shape index (κ3) is 8.38. The van der Waals surface area contributed by atoms with Crippen LogP contribution in [-0.4, -0.2) is 27.7 Å². The van der Waals surface area contributed by atoms with Gasteiger partial charge in [0.2, 0.25) is 5.95 Å². The number of hydrazone groups is 1. The van der Waals surface area contributed by atoms with Crippen LogP contribution in [0, 0.1) is 13.8 Å². The lowest BCUT2D eigenvalue weighted by molar-refractivity contribution is -0.274. The highest BCUT2D eigenvalue weighted by Crippen LogP contribution is 2.24. The number of alkyl halides is 3. The Kier molecular flexibility index (Phi) is 8.37. The highest BCUT2D eigenvalue weighted by Gasteiger charge is 2.30. The minimum absolute atomic E-state index is 0.294. The number of thiocarbonyl (C=S) groups is 1. The van der Waals surface area contributed by atoms with Gasteiger partial charge >= 0.3 is 6.36 Å². The molecule has 1 heterocycles. The van der Waals surface area contributed by atoms with E-state index in [1.807, 2.05) is 45.0 Å². The van der Waals surface area contributed by atoms with Crippen molar-refractivity contribution in [1.82, 2.24) is 15.4 Å². The summed E-state index contributed by atoms with van der Waals surface area (Å²) in [4.78, 5) is 8.42. The van der Waals surface area contributed by atoms with Gasteiger partial charge < -0.3 is 15.4 Å². The van der Waals surface area contributed by atoms with Crippen LogP contribution in [-0.2, 0) is 0 Å². The van der Waals surface area contributed by atoms with Crippen molar-refractivity contribution in [2.75, 3.05) is 10.6 Å². The number of para-hydroxylation sites is 1. The third-order valence-corrected chi connectivity index (χ3v) is 4.76. The second kappa shape index (κ2) is 11.4. The zero-order valence-electron chi connectivity index (χ0n) is 19.1. The number of aromatic nitrogens is 2. The van der Waals surface area contributed by atoms with Gasteiger partial charge in [-0.3, -0.25) is 5.43 Å². The molecule has 7 nitrogen and oxygen atoms in total. The van der Waals surface area contributed by atoms with Gasteiger partial charge in [-0.05, 0) is 80.0 Å². The first-order chi connectivity index (χ1) is 16.6. The second-order valence-electron chi connectivity index (χ2n) is 7.52. The molecule has 0 saturated heterocycles. The number of nitrogens with zero attached hydrogens (tertiary/aromatic N) is 3. The number of hydrogen-bond donors (Lipinski definition) is 3. The molecule has 0 saturated carbocycles. The second-order valence-corrected chi connectivity index (χ2v) is 7.92. The minimum Gasteiger partial charge on any atom is -0.406 e. The van der Waals surface area contributed by atoms with Crippen molar-refractivity contribution in [3.63, 3.8) is 0 Å². The molecule has 2 aromatic carbocycles. The fourth-order valence-corrected chi connectivity index (χ4v) is 3.15. The van der Waals surface area contributed by atoms with Crippen molar-refractivity contribution in [1.29, 1.82) is 0 Å². The van der Waals surface area contributed by atoms with Crippen molar-refractivity contribution < 1.29 is 17.9 Å². The number of nitrogens with one attached hydrogen (secondary N) is 3. The Morgan fingerprint density at radius 2 is 1.66 bits per heavy atom. The maximum atomic E-state index is 12.2. The van der Waals surface area contributed by atoms with Crippen LogP contribution < -0.4 is 20.8 Å². The first kappa shape index (κ1) is 25.6. The Labute approximate surface area is 206 Å². The Morgan fingerprint density at radius 1 is 1.03 bits per heavy atom. The van der Waals surface area contributed by atoms with Gasteiger partial charge in [-0.1, -0.05) is 18.2 Å². The molecule has 1 aromatic heterocycles. The average molecular weight is 501 g/mol. The molecule has 3 N–H and O–H groups in total. The van der Waals surface area contributed by atoms with Crippen molar-refractivity contribution >= 4 is 46.9 Å². The number of aryl methyl sites for hydroxylation is 2. The van der Waals surface area contributed by atoms with Crippen molar-refractivity contribution in [2.24, 2.45) is 5.10 Å². The summed E-state index contributed by atoms with van der Waals surface area (Å²) >= 11 is 5.30. The number of allylic oxidation sites excluding steroid dienone is 1. The molecule has 3 aromatic rings. The molecule has 0 atom stereocenters. The van der Waals surface area contributed by atoms with Gasteiger partial charge in [-0.25, -0.2) is 9.97 Å². The Balaban J connectivity index is 1.52. The van der Waals surface area contributed by atoms with Crippen LogP contribution in [0.3, 0.4) is 0 Å². The quantitative estimate of drug-likeness (QED) is 0.205. The molecule has 0 spiro atoms. The lowest BCUT2D eigenvalue weighted by atomic mass is 10.1. The van der Waals surface area contributed by atoms with Crippen LogP contribution in [0.25, 0.3) is 6.08 Å². The first-order valence-electron chi connectivity index (χ1n) is 10.4. The van der Waals surface area contributed by atoms with Crippen LogP contribution in [0.2, 0.25) is 0 Å². The Morgan fingerprint density at radius 3 is 2.26 bits per heavy atom. The predicted octanol–water partition coefficient (Wildman–Crippen LogP) is 6.11. The van der Waals surface area contributed by atoms with E-state index in [-0.39, 0.29) is 5.75 Å². The van der Waals surface area contributed by atoms with E-state index in [9.17, 15) is 13.2 Å². The monoisotopic (exact) mass is 500 g/mol. The fourth-order valence-electron chi connectivity index (χ4n) is 2.99. The van der Waals surface area contributed by atoms with Crippen LogP contribution in [0.4, 0.5) is 30.5 Å². The number of anilines is 3. The summed E-state index contributed by atoms with van der Waals surface area (Å²) in [7, 11) is 0. The van der Waals surface area contributed by atoms with Gasteiger partial charge in [-0.15, -0.1) is 13.2 Å². The molecule has 0 aliphatic carbocycles. The number of hydrogen-bond acceptors (Lipinski definition) is 6. The van der Waals surface area contributed by atoms with Crippen LogP contribution in [0.5, 0.6) is 5.75 Å². The van der Waals surface area contributed by atoms with Gasteiger partial charge in [0.25, 0.3) is 0 Å². The molecule has 0 aliphatic rings. The van der Waals surface area contributed by atoms with Gasteiger partial charge in [0.05, 0.1) is 6.21 Å². The molecule has 0 bridgehead atoms. The van der Waals surface area contributed by atoms with E-state index < -0.39 is 6.36 Å². The zero-order chi connectivity index (χ0) is 25.4. The molecule has 0 amide bonds. The number of halogens is 3. The molecule has 0 fully saturated rings. The SMILES string of the molecule is CC(/C=N/NC(=S)Nc1c(C)cccc1C)=C\c1cnc(Nc2ccc(OC(F)(F)F)cc2)nc1. The predicted molar refractivity (Wildman–Crippen MR) is 136 cm³/mol. The van der Waals surface area contributed by atoms with Crippen molar-refractivity contribution in [2.45, 2.75) is 27.1 Å². The maximum absolute atomic E-state index is 12.2. The van der Waals surface area contributed by atoms with Crippen LogP contribution in [0.1, 0.15) is 23.6 Å². The summed E-state index contributed by atoms with van der Waals surface area (Å²) in [6.45, 7) is 5.87. The molecule has 3 rings (SSSR count). The van der Waals surface area contributed by atoms with Crippen molar-refractivity contribution in [3.8, 4) is 5.75 Å². The molecule has 11 heteroatoms. The molecule has 0 radical (unpaired) electrons. The third-order valence-electron chi connectivity index (χ3n) is 4.56. The van der Waals surface area contributed by atoms with Crippen molar-refractivity contribution in [3.05, 3.63) is 77.1 Å². The van der Waals surface area contributed by atoms with Crippen LogP contribution in [0.15, 0.2) is 65.5 Å². The smallest absolute Gasteiger partial charge is 0.406 e. The molecule has 182 valence electrons. The standard InChI is InChI=1S/C24H23F3N6OS/c1-15(12-30-33-23(35)32-21-16(2)5-4-6-17(21)3)11-18-13-28-22(29-14-18)31-19-7-9-20(10-8-19)34-24(25,26)27/h4-14H,1-3H3,(H,28,29,31)(H2,32,33,35)/b15-11+,30-12+. The highest BCUT2D eigenvalue weighted by molar-refractivity contribution is 7.80. The number of benzene rings is 2. The lowest BCUT2D eigenvalue weighted by Crippen LogP contribution is -2.24. The van der Waals surface area contributed by atoms with E-state index in [0.29, 0.717) is 16.7 Å². The Bertz CT molecular complexity index is 1210. The van der Waals surface area contributed by atoms with Gasteiger partial charge in [0.15, 0.2) is 5.11 Å². The van der Waals surface area contributed by atoms with Gasteiger partial charge in [-0.2, -0.15) is 5.10 Å². The molecule has 0 aliphatic heterocycles. The van der Waals surface area contributed by atoms with E-state index in [0.717, 1.165) is 28.0 Å². The van der Waals surface area contributed by atoms with E-state index in [2.05, 4.69) is 35.9 Å². The molecule has 35 heavy (non-hydrogen) atoms. The van der Waals surface area contributed by atoms with Gasteiger partial charge in [0, 0.05) is 29.3 Å². The fraction of sp³-hybridized carbons (Fsp3) is 0.167. The Hall–Kier alpha value is -3.99. The first-order valence-corrected chi connectivity index (χ1v) is 10.8. The molecular weight excluding hydrogens is 477 g/mol. The summed E-state index contributed by atoms with van der Waals surface area (Å²) in [5.41, 5.74) is 7.99. The summed E-state index contributed by atoms with van der Waals surface area (Å²) in [6.07, 6.45) is 1.93. The largest absolute Gasteiger partial charge is 0.573 e. The summed E-state index contributed by atoms with van der Waals surface area (Å²) < 4.78 is 40.6. The molecule has 0 unspecified atom stereocenters. The van der Waals surface area contributed by atoms with Crippen LogP contribution >= 0.6 is 12.2 Å². The summed E-state index contributed by atoms with van der Waals surface area (Å²) in [5.74, 6) is -0.0135. The average Bonchev–Trinajstić information content (AvgIpc) is 2.78. The molecular formula is C24H23F3N6OS. The maximum Gasteiger partial charge on any atom is 0.573 e. The van der Waals surface area contributed by atoms with E-state index in [1.54, 1.807) is 18.6 Å². The topological polar surface area (TPSA) is 83.5 Å². The van der Waals surface area contributed by atoms with E-state index >= 15 is 0 Å². The number of rotatable bonds is 7. The van der Waals surface area contributed by atoms with E-state index in [4.69, 9.17) is 12.2 Å². The lowest BCUT2D eigenvalue weighted by Gasteiger charge is -2.12.